The third-order valence-electron chi connectivity index (χ3n) is 3.97. The van der Waals surface area contributed by atoms with Crippen molar-refractivity contribution in [2.24, 2.45) is 11.8 Å². The number of rotatable bonds is 4. The molecule has 1 atom stereocenters. The number of benzene rings is 1. The van der Waals surface area contributed by atoms with E-state index in [4.69, 9.17) is 0 Å². The highest BCUT2D eigenvalue weighted by molar-refractivity contribution is 5.98. The molecule has 0 amide bonds. The highest BCUT2D eigenvalue weighted by atomic mass is 16.3. The zero-order valence-corrected chi connectivity index (χ0v) is 11.3. The average molecular weight is 246 g/mol. The van der Waals surface area contributed by atoms with Crippen molar-refractivity contribution >= 4 is 5.78 Å². The van der Waals surface area contributed by atoms with Crippen molar-refractivity contribution in [2.75, 3.05) is 6.61 Å². The van der Waals surface area contributed by atoms with Crippen LogP contribution in [0, 0.1) is 11.8 Å². The molecule has 2 rings (SSSR count). The molecule has 0 fully saturated rings. The minimum absolute atomic E-state index is 0.0619. The predicted molar refractivity (Wildman–Crippen MR) is 72.8 cm³/mol. The molecule has 0 aromatic heterocycles. The number of aliphatic hydroxyl groups is 1. The number of Topliss-reactive ketones (excluding diaryl/α,β-unsaturated/α-hetero) is 1. The first kappa shape index (κ1) is 13.3. The van der Waals surface area contributed by atoms with Gasteiger partial charge in [0.05, 0.1) is 6.61 Å². The minimum atomic E-state index is -0.272. The van der Waals surface area contributed by atoms with Crippen molar-refractivity contribution in [1.29, 1.82) is 0 Å². The number of carbonyl (C=O) groups is 1. The molecule has 18 heavy (non-hydrogen) atoms. The van der Waals surface area contributed by atoms with Crippen LogP contribution in [0.25, 0.3) is 0 Å². The number of ketones is 1. The number of hydrogen-bond acceptors (Lipinski definition) is 2. The van der Waals surface area contributed by atoms with Gasteiger partial charge in [-0.1, -0.05) is 26.0 Å². The maximum absolute atomic E-state index is 12.3. The molecule has 2 heteroatoms. The van der Waals surface area contributed by atoms with Crippen LogP contribution in [-0.4, -0.2) is 17.5 Å². The fraction of sp³-hybridized carbons (Fsp3) is 0.562. The zero-order chi connectivity index (χ0) is 13.1. The second kappa shape index (κ2) is 5.66. The maximum atomic E-state index is 12.3. The van der Waals surface area contributed by atoms with Gasteiger partial charge in [-0.2, -0.15) is 0 Å². The molecule has 1 aliphatic carbocycles. The molecule has 0 bridgehead atoms. The molecule has 0 heterocycles. The molecular formula is C16H22O2. The van der Waals surface area contributed by atoms with E-state index in [2.05, 4.69) is 6.07 Å². The molecule has 0 spiro atoms. The van der Waals surface area contributed by atoms with Crippen molar-refractivity contribution in [3.05, 3.63) is 34.9 Å². The fourth-order valence-electron chi connectivity index (χ4n) is 2.70. The molecule has 2 nitrogen and oxygen atoms in total. The fourth-order valence-corrected chi connectivity index (χ4v) is 2.70. The van der Waals surface area contributed by atoms with Crippen LogP contribution in [0.1, 0.15) is 48.2 Å². The van der Waals surface area contributed by atoms with Crippen LogP contribution in [0.2, 0.25) is 0 Å². The summed E-state index contributed by atoms with van der Waals surface area (Å²) in [7, 11) is 0. The van der Waals surface area contributed by atoms with Gasteiger partial charge in [-0.15, -0.1) is 0 Å². The van der Waals surface area contributed by atoms with Gasteiger partial charge in [0.25, 0.3) is 0 Å². The minimum Gasteiger partial charge on any atom is -0.396 e. The Kier molecular flexibility index (Phi) is 4.18. The summed E-state index contributed by atoms with van der Waals surface area (Å²) >= 11 is 0. The van der Waals surface area contributed by atoms with Crippen molar-refractivity contribution in [2.45, 2.75) is 39.5 Å². The first-order valence-electron chi connectivity index (χ1n) is 6.90. The lowest BCUT2D eigenvalue weighted by molar-refractivity contribution is 0.0806. The highest BCUT2D eigenvalue weighted by Crippen LogP contribution is 2.24. The van der Waals surface area contributed by atoms with E-state index < -0.39 is 0 Å². The Morgan fingerprint density at radius 1 is 1.22 bits per heavy atom. The van der Waals surface area contributed by atoms with Gasteiger partial charge in [0.1, 0.15) is 0 Å². The van der Waals surface area contributed by atoms with E-state index in [1.165, 1.54) is 24.0 Å². The van der Waals surface area contributed by atoms with Crippen molar-refractivity contribution in [3.8, 4) is 0 Å². The van der Waals surface area contributed by atoms with Crippen molar-refractivity contribution < 1.29 is 9.90 Å². The highest BCUT2D eigenvalue weighted by Gasteiger charge is 2.23. The van der Waals surface area contributed by atoms with Crippen LogP contribution in [0.3, 0.4) is 0 Å². The second-order valence-electron chi connectivity index (χ2n) is 5.59. The van der Waals surface area contributed by atoms with Crippen LogP contribution in [-0.2, 0) is 12.8 Å². The number of hydrogen-bond donors (Lipinski definition) is 1. The van der Waals surface area contributed by atoms with E-state index in [9.17, 15) is 9.90 Å². The molecule has 1 unspecified atom stereocenters. The first-order chi connectivity index (χ1) is 8.63. The summed E-state index contributed by atoms with van der Waals surface area (Å²) in [5.74, 6) is -0.00829. The molecule has 0 radical (unpaired) electrons. The van der Waals surface area contributed by atoms with Crippen LogP contribution in [0.15, 0.2) is 18.2 Å². The van der Waals surface area contributed by atoms with Gasteiger partial charge in [-0.05, 0) is 48.8 Å². The van der Waals surface area contributed by atoms with Gasteiger partial charge in [0.2, 0.25) is 0 Å². The number of aliphatic hydroxyl groups excluding tert-OH is 1. The predicted octanol–water partition coefficient (Wildman–Crippen LogP) is 3.01. The van der Waals surface area contributed by atoms with E-state index >= 15 is 0 Å². The molecule has 0 aliphatic heterocycles. The summed E-state index contributed by atoms with van der Waals surface area (Å²) in [4.78, 5) is 12.3. The van der Waals surface area contributed by atoms with Gasteiger partial charge in [-0.25, -0.2) is 0 Å². The van der Waals surface area contributed by atoms with E-state index in [-0.39, 0.29) is 24.2 Å². The molecule has 1 aromatic rings. The SMILES string of the molecule is CC(C)C(CO)C(=O)c1ccc2c(c1)CCCC2. The topological polar surface area (TPSA) is 37.3 Å². The van der Waals surface area contributed by atoms with Crippen LogP contribution < -0.4 is 0 Å². The molecule has 0 saturated heterocycles. The molecular weight excluding hydrogens is 224 g/mol. The molecule has 1 N–H and O–H groups in total. The maximum Gasteiger partial charge on any atom is 0.168 e. The Morgan fingerprint density at radius 3 is 2.50 bits per heavy atom. The lowest BCUT2D eigenvalue weighted by atomic mass is 9.85. The second-order valence-corrected chi connectivity index (χ2v) is 5.59. The van der Waals surface area contributed by atoms with E-state index in [1.807, 2.05) is 26.0 Å². The van der Waals surface area contributed by atoms with Gasteiger partial charge in [0.15, 0.2) is 5.78 Å². The third-order valence-corrected chi connectivity index (χ3v) is 3.97. The summed E-state index contributed by atoms with van der Waals surface area (Å²) in [6.45, 7) is 3.90. The van der Waals surface area contributed by atoms with Crippen molar-refractivity contribution in [1.82, 2.24) is 0 Å². The van der Waals surface area contributed by atoms with Gasteiger partial charge in [-0.3, -0.25) is 4.79 Å². The quantitative estimate of drug-likeness (QED) is 0.829. The summed E-state index contributed by atoms with van der Waals surface area (Å²) in [5.41, 5.74) is 3.49. The van der Waals surface area contributed by atoms with Crippen LogP contribution in [0.5, 0.6) is 0 Å². The van der Waals surface area contributed by atoms with Crippen LogP contribution in [0.4, 0.5) is 0 Å². The molecule has 0 saturated carbocycles. The Balaban J connectivity index is 2.25. The Labute approximate surface area is 109 Å². The monoisotopic (exact) mass is 246 g/mol. The Hall–Kier alpha value is -1.15. The lowest BCUT2D eigenvalue weighted by Gasteiger charge is -2.20. The van der Waals surface area contributed by atoms with Gasteiger partial charge in [0, 0.05) is 11.5 Å². The lowest BCUT2D eigenvalue weighted by Crippen LogP contribution is -2.24. The van der Waals surface area contributed by atoms with E-state index in [1.54, 1.807) is 0 Å². The average Bonchev–Trinajstić information content (AvgIpc) is 2.38. The molecule has 98 valence electrons. The summed E-state index contributed by atoms with van der Waals surface area (Å²) in [5, 5.41) is 9.35. The molecule has 1 aliphatic rings. The number of carbonyl (C=O) groups excluding carboxylic acids is 1. The van der Waals surface area contributed by atoms with Gasteiger partial charge < -0.3 is 5.11 Å². The number of fused-ring (bicyclic) bond motifs is 1. The Bertz CT molecular complexity index is 435. The normalized spacial score (nSPS) is 16.4. The summed E-state index contributed by atoms with van der Waals surface area (Å²) in [6.07, 6.45) is 4.70. The van der Waals surface area contributed by atoms with Crippen molar-refractivity contribution in [3.63, 3.8) is 0 Å². The van der Waals surface area contributed by atoms with Gasteiger partial charge >= 0.3 is 0 Å². The first-order valence-corrected chi connectivity index (χ1v) is 6.90. The smallest absolute Gasteiger partial charge is 0.168 e. The summed E-state index contributed by atoms with van der Waals surface area (Å²) < 4.78 is 0. The van der Waals surface area contributed by atoms with E-state index in [0.29, 0.717) is 0 Å². The molecule has 1 aromatic carbocycles. The van der Waals surface area contributed by atoms with Crippen LogP contribution >= 0.6 is 0 Å². The Morgan fingerprint density at radius 2 is 1.89 bits per heavy atom. The third kappa shape index (κ3) is 2.64. The van der Waals surface area contributed by atoms with E-state index in [0.717, 1.165) is 18.4 Å². The zero-order valence-electron chi connectivity index (χ0n) is 11.3. The number of aryl methyl sites for hydroxylation is 2. The largest absolute Gasteiger partial charge is 0.396 e. The standard InChI is InChI=1S/C16H22O2/c1-11(2)15(10-17)16(18)14-8-7-12-5-3-4-6-13(12)9-14/h7-9,11,15,17H,3-6,10H2,1-2H3. The summed E-state index contributed by atoms with van der Waals surface area (Å²) in [6, 6.07) is 6.07.